The van der Waals surface area contributed by atoms with Gasteiger partial charge < -0.3 is 5.73 Å². The van der Waals surface area contributed by atoms with Gasteiger partial charge in [-0.15, -0.1) is 0 Å². The van der Waals surface area contributed by atoms with Gasteiger partial charge in [0.2, 0.25) is 0 Å². The molecule has 0 radical (unpaired) electrons. The van der Waals surface area contributed by atoms with Gasteiger partial charge in [0.25, 0.3) is 0 Å². The molecule has 0 atom stereocenters. The van der Waals surface area contributed by atoms with Crippen LogP contribution in [0.5, 0.6) is 0 Å². The fourth-order valence-corrected chi connectivity index (χ4v) is 4.75. The molecular formula is C17H24BrN. The van der Waals surface area contributed by atoms with Crippen molar-refractivity contribution < 1.29 is 0 Å². The topological polar surface area (TPSA) is 26.0 Å². The zero-order valence-corrected chi connectivity index (χ0v) is 13.2. The lowest BCUT2D eigenvalue weighted by Gasteiger charge is -2.57. The molecular weight excluding hydrogens is 298 g/mol. The SMILES string of the molecule is NCC1(c2ccc(Br)cc2)CC2(CCCCCC2)C1. The Balaban J connectivity index is 1.78. The molecule has 3 rings (SSSR count). The maximum absolute atomic E-state index is 6.16. The van der Waals surface area contributed by atoms with Gasteiger partial charge in [-0.1, -0.05) is 53.7 Å². The van der Waals surface area contributed by atoms with Crippen molar-refractivity contribution in [3.8, 4) is 0 Å². The van der Waals surface area contributed by atoms with E-state index in [1.807, 2.05) is 0 Å². The van der Waals surface area contributed by atoms with Gasteiger partial charge in [0.15, 0.2) is 0 Å². The van der Waals surface area contributed by atoms with Crippen molar-refractivity contribution in [3.63, 3.8) is 0 Å². The molecule has 0 saturated heterocycles. The maximum Gasteiger partial charge on any atom is 0.0175 e. The summed E-state index contributed by atoms with van der Waals surface area (Å²) >= 11 is 3.52. The minimum absolute atomic E-state index is 0.269. The summed E-state index contributed by atoms with van der Waals surface area (Å²) in [6, 6.07) is 8.84. The van der Waals surface area contributed by atoms with Gasteiger partial charge in [0.05, 0.1) is 0 Å². The van der Waals surface area contributed by atoms with Gasteiger partial charge in [-0.3, -0.25) is 0 Å². The van der Waals surface area contributed by atoms with Crippen molar-refractivity contribution in [1.82, 2.24) is 0 Å². The molecule has 0 aromatic heterocycles. The highest BCUT2D eigenvalue weighted by atomic mass is 79.9. The van der Waals surface area contributed by atoms with Crippen molar-refractivity contribution in [1.29, 1.82) is 0 Å². The van der Waals surface area contributed by atoms with Crippen molar-refractivity contribution >= 4 is 15.9 Å². The van der Waals surface area contributed by atoms with Crippen LogP contribution in [0.1, 0.15) is 56.9 Å². The number of halogens is 1. The first-order chi connectivity index (χ1) is 9.18. The van der Waals surface area contributed by atoms with Gasteiger partial charge in [-0.25, -0.2) is 0 Å². The lowest BCUT2D eigenvalue weighted by Crippen LogP contribution is -2.53. The number of nitrogens with two attached hydrogens (primary N) is 1. The van der Waals surface area contributed by atoms with Gasteiger partial charge in [-0.05, 0) is 48.8 Å². The molecule has 0 aliphatic heterocycles. The Kier molecular flexibility index (Phi) is 3.74. The fraction of sp³-hybridized carbons (Fsp3) is 0.647. The smallest absolute Gasteiger partial charge is 0.0175 e. The molecule has 1 nitrogen and oxygen atoms in total. The summed E-state index contributed by atoms with van der Waals surface area (Å²) in [5.41, 5.74) is 8.50. The molecule has 0 amide bonds. The molecule has 1 spiro atoms. The summed E-state index contributed by atoms with van der Waals surface area (Å²) in [6.45, 7) is 0.802. The first-order valence-corrected chi connectivity index (χ1v) is 8.44. The second kappa shape index (κ2) is 5.21. The Hall–Kier alpha value is -0.340. The summed E-state index contributed by atoms with van der Waals surface area (Å²) in [7, 11) is 0. The number of hydrogen-bond acceptors (Lipinski definition) is 1. The summed E-state index contributed by atoms with van der Waals surface area (Å²) in [5.74, 6) is 0. The summed E-state index contributed by atoms with van der Waals surface area (Å²) in [6.07, 6.45) is 11.3. The van der Waals surface area contributed by atoms with Crippen LogP contribution in [0.25, 0.3) is 0 Å². The lowest BCUT2D eigenvalue weighted by molar-refractivity contribution is 0.0113. The predicted octanol–water partition coefficient (Wildman–Crippen LogP) is 4.78. The zero-order valence-electron chi connectivity index (χ0n) is 11.6. The molecule has 0 unspecified atom stereocenters. The van der Waals surface area contributed by atoms with Crippen LogP contribution in [0.2, 0.25) is 0 Å². The molecule has 2 N–H and O–H groups in total. The molecule has 19 heavy (non-hydrogen) atoms. The lowest BCUT2D eigenvalue weighted by atomic mass is 9.48. The van der Waals surface area contributed by atoms with Crippen LogP contribution >= 0.6 is 15.9 Å². The van der Waals surface area contributed by atoms with Crippen LogP contribution < -0.4 is 5.73 Å². The van der Waals surface area contributed by atoms with E-state index in [9.17, 15) is 0 Å². The molecule has 2 fully saturated rings. The second-order valence-corrected chi connectivity index (χ2v) is 7.67. The van der Waals surface area contributed by atoms with E-state index in [0.717, 1.165) is 11.0 Å². The standard InChI is InChI=1S/C17H24BrN/c18-15-7-5-14(6-8-15)17(13-19)11-16(12-17)9-3-1-2-4-10-16/h5-8H,1-4,9-13,19H2. The second-order valence-electron chi connectivity index (χ2n) is 6.76. The Morgan fingerprint density at radius 3 is 2.05 bits per heavy atom. The summed E-state index contributed by atoms with van der Waals surface area (Å²) < 4.78 is 1.16. The van der Waals surface area contributed by atoms with Crippen molar-refractivity contribution in [2.24, 2.45) is 11.1 Å². The molecule has 2 heteroatoms. The third-order valence-electron chi connectivity index (χ3n) is 5.44. The van der Waals surface area contributed by atoms with Crippen molar-refractivity contribution in [2.75, 3.05) is 6.54 Å². The van der Waals surface area contributed by atoms with Gasteiger partial charge in [0, 0.05) is 16.4 Å². The molecule has 0 bridgehead atoms. The first-order valence-electron chi connectivity index (χ1n) is 7.64. The van der Waals surface area contributed by atoms with Gasteiger partial charge in [0.1, 0.15) is 0 Å². The molecule has 2 aliphatic rings. The van der Waals surface area contributed by atoms with Crippen molar-refractivity contribution in [3.05, 3.63) is 34.3 Å². The molecule has 2 saturated carbocycles. The molecule has 104 valence electrons. The Morgan fingerprint density at radius 1 is 0.947 bits per heavy atom. The van der Waals surface area contributed by atoms with E-state index in [1.165, 1.54) is 56.9 Å². The van der Waals surface area contributed by atoms with Crippen LogP contribution in [-0.4, -0.2) is 6.54 Å². The van der Waals surface area contributed by atoms with Gasteiger partial charge in [-0.2, -0.15) is 0 Å². The fourth-order valence-electron chi connectivity index (χ4n) is 4.49. The van der Waals surface area contributed by atoms with Crippen LogP contribution in [0.15, 0.2) is 28.7 Å². The van der Waals surface area contributed by atoms with Crippen LogP contribution in [0.3, 0.4) is 0 Å². The van der Waals surface area contributed by atoms with E-state index in [1.54, 1.807) is 0 Å². The number of benzene rings is 1. The number of rotatable bonds is 2. The Morgan fingerprint density at radius 2 is 1.53 bits per heavy atom. The number of hydrogen-bond donors (Lipinski definition) is 1. The van der Waals surface area contributed by atoms with E-state index < -0.39 is 0 Å². The van der Waals surface area contributed by atoms with E-state index in [2.05, 4.69) is 40.2 Å². The zero-order chi connectivity index (χ0) is 13.3. The first kappa shape index (κ1) is 13.6. The summed E-state index contributed by atoms with van der Waals surface area (Å²) in [4.78, 5) is 0. The third kappa shape index (κ3) is 2.50. The van der Waals surface area contributed by atoms with E-state index in [-0.39, 0.29) is 5.41 Å². The Bertz CT molecular complexity index is 421. The highest BCUT2D eigenvalue weighted by Gasteiger charge is 2.53. The van der Waals surface area contributed by atoms with Crippen LogP contribution in [0.4, 0.5) is 0 Å². The average molecular weight is 322 g/mol. The van der Waals surface area contributed by atoms with Gasteiger partial charge >= 0.3 is 0 Å². The van der Waals surface area contributed by atoms with E-state index >= 15 is 0 Å². The quantitative estimate of drug-likeness (QED) is 0.833. The molecule has 1 aromatic carbocycles. The Labute approximate surface area is 125 Å². The molecule has 2 aliphatic carbocycles. The normalized spacial score (nSPS) is 24.7. The van der Waals surface area contributed by atoms with E-state index in [0.29, 0.717) is 5.41 Å². The third-order valence-corrected chi connectivity index (χ3v) is 5.97. The van der Waals surface area contributed by atoms with Crippen LogP contribution in [-0.2, 0) is 5.41 Å². The molecule has 1 aromatic rings. The highest BCUT2D eigenvalue weighted by molar-refractivity contribution is 9.10. The monoisotopic (exact) mass is 321 g/mol. The predicted molar refractivity (Wildman–Crippen MR) is 84.2 cm³/mol. The minimum Gasteiger partial charge on any atom is -0.330 e. The highest BCUT2D eigenvalue weighted by Crippen LogP contribution is 2.60. The average Bonchev–Trinajstić information content (AvgIpc) is 2.63. The molecule has 0 heterocycles. The van der Waals surface area contributed by atoms with E-state index in [4.69, 9.17) is 5.73 Å². The maximum atomic E-state index is 6.16. The summed E-state index contributed by atoms with van der Waals surface area (Å²) in [5, 5.41) is 0. The largest absolute Gasteiger partial charge is 0.330 e. The van der Waals surface area contributed by atoms with Crippen molar-refractivity contribution in [2.45, 2.75) is 56.8 Å². The minimum atomic E-state index is 0.269. The van der Waals surface area contributed by atoms with Crippen LogP contribution in [0, 0.1) is 5.41 Å².